The monoisotopic (exact) mass is 360 g/mol. The average Bonchev–Trinajstić information content (AvgIpc) is 2.54. The lowest BCUT2D eigenvalue weighted by molar-refractivity contribution is -0.131. The summed E-state index contributed by atoms with van der Waals surface area (Å²) in [6.45, 7) is 1.78. The predicted octanol–water partition coefficient (Wildman–Crippen LogP) is 3.02. The number of esters is 1. The summed E-state index contributed by atoms with van der Waals surface area (Å²) in [5.74, 6) is -1.28. The van der Waals surface area contributed by atoms with Crippen LogP contribution >= 0.6 is 12.4 Å². The molecule has 6 nitrogen and oxygen atoms in total. The standard InChI is InChI=1S/C18H16N2O4.ClH/c1-11-10-14(3-2-12(11)6-9-16(21)22)18(23)24-15-7-4-13(5-8-15)17(19)20;/h2-10H,1H3,(H3,19,20)(H,21,22);1H/b9-6+;. The van der Waals surface area contributed by atoms with E-state index in [1.807, 2.05) is 0 Å². The first-order valence-electron chi connectivity index (χ1n) is 7.05. The Kier molecular flexibility index (Phi) is 6.90. The van der Waals surface area contributed by atoms with Crippen molar-refractivity contribution in [2.24, 2.45) is 5.73 Å². The number of carboxylic acid groups (broad SMARTS) is 1. The van der Waals surface area contributed by atoms with Gasteiger partial charge in [-0.15, -0.1) is 12.4 Å². The lowest BCUT2D eigenvalue weighted by Crippen LogP contribution is -2.11. The first-order chi connectivity index (χ1) is 11.4. The quantitative estimate of drug-likeness (QED) is 0.249. The Labute approximate surface area is 150 Å². The zero-order valence-corrected chi connectivity index (χ0v) is 14.2. The van der Waals surface area contributed by atoms with E-state index in [-0.39, 0.29) is 18.2 Å². The van der Waals surface area contributed by atoms with Gasteiger partial charge in [-0.1, -0.05) is 6.07 Å². The van der Waals surface area contributed by atoms with Crippen LogP contribution in [0.4, 0.5) is 0 Å². The molecule has 0 aliphatic rings. The van der Waals surface area contributed by atoms with Crippen LogP contribution in [0.5, 0.6) is 5.75 Å². The molecule has 0 aliphatic carbocycles. The molecule has 0 unspecified atom stereocenters. The van der Waals surface area contributed by atoms with Gasteiger partial charge in [0.15, 0.2) is 0 Å². The van der Waals surface area contributed by atoms with Crippen LogP contribution in [0.25, 0.3) is 6.08 Å². The first kappa shape index (κ1) is 19.9. The van der Waals surface area contributed by atoms with Crippen molar-refractivity contribution in [3.8, 4) is 5.75 Å². The molecular formula is C18H17ClN2O4. The normalized spacial score (nSPS) is 10.1. The second-order valence-electron chi connectivity index (χ2n) is 5.07. The molecule has 0 heterocycles. The number of ether oxygens (including phenoxy) is 1. The molecule has 0 fully saturated rings. The minimum atomic E-state index is -1.04. The highest BCUT2D eigenvalue weighted by Crippen LogP contribution is 2.17. The summed E-state index contributed by atoms with van der Waals surface area (Å²) in [6.07, 6.45) is 2.50. The summed E-state index contributed by atoms with van der Waals surface area (Å²) in [5, 5.41) is 16.0. The van der Waals surface area contributed by atoms with Gasteiger partial charge in [0, 0.05) is 11.6 Å². The number of rotatable bonds is 5. The van der Waals surface area contributed by atoms with E-state index < -0.39 is 11.9 Å². The molecule has 0 spiro atoms. The molecule has 0 aliphatic heterocycles. The summed E-state index contributed by atoms with van der Waals surface area (Å²) < 4.78 is 5.27. The van der Waals surface area contributed by atoms with E-state index in [1.165, 1.54) is 6.08 Å². The van der Waals surface area contributed by atoms with E-state index in [9.17, 15) is 9.59 Å². The molecule has 2 rings (SSSR count). The number of carbonyl (C=O) groups excluding carboxylic acids is 1. The Balaban J connectivity index is 0.00000312. The molecule has 0 atom stereocenters. The molecule has 7 heteroatoms. The van der Waals surface area contributed by atoms with E-state index in [0.29, 0.717) is 22.4 Å². The Bertz CT molecular complexity index is 829. The molecular weight excluding hydrogens is 344 g/mol. The van der Waals surface area contributed by atoms with Crippen LogP contribution in [0, 0.1) is 12.3 Å². The number of halogens is 1. The van der Waals surface area contributed by atoms with E-state index in [0.717, 1.165) is 11.6 Å². The van der Waals surface area contributed by atoms with Gasteiger partial charge in [0.05, 0.1) is 5.56 Å². The smallest absolute Gasteiger partial charge is 0.343 e. The number of carbonyl (C=O) groups is 2. The van der Waals surface area contributed by atoms with Crippen molar-refractivity contribution in [2.75, 3.05) is 0 Å². The SMILES string of the molecule is Cc1cc(C(=O)Oc2ccc(C(=N)N)cc2)ccc1/C=C/C(=O)O.Cl. The number of carboxylic acids is 1. The van der Waals surface area contributed by atoms with Crippen molar-refractivity contribution in [1.82, 2.24) is 0 Å². The molecule has 0 bridgehead atoms. The Hall–Kier alpha value is -3.12. The highest BCUT2D eigenvalue weighted by molar-refractivity contribution is 5.95. The topological polar surface area (TPSA) is 113 Å². The van der Waals surface area contributed by atoms with Gasteiger partial charge in [0.25, 0.3) is 0 Å². The maximum absolute atomic E-state index is 12.2. The number of hydrogen-bond donors (Lipinski definition) is 3. The van der Waals surface area contributed by atoms with E-state index in [1.54, 1.807) is 49.4 Å². The minimum absolute atomic E-state index is 0. The van der Waals surface area contributed by atoms with Crippen LogP contribution in [0.15, 0.2) is 48.5 Å². The summed E-state index contributed by atoms with van der Waals surface area (Å²) in [7, 11) is 0. The number of nitrogens with two attached hydrogens (primary N) is 1. The van der Waals surface area contributed by atoms with Crippen LogP contribution < -0.4 is 10.5 Å². The first-order valence-corrected chi connectivity index (χ1v) is 7.05. The molecule has 0 amide bonds. The van der Waals surface area contributed by atoms with E-state index in [2.05, 4.69) is 0 Å². The second kappa shape index (κ2) is 8.65. The summed E-state index contributed by atoms with van der Waals surface area (Å²) in [4.78, 5) is 22.7. The Morgan fingerprint density at radius 2 is 1.72 bits per heavy atom. The molecule has 130 valence electrons. The summed E-state index contributed by atoms with van der Waals surface area (Å²) in [5.41, 5.74) is 7.73. The van der Waals surface area contributed by atoms with Crippen LogP contribution in [0.3, 0.4) is 0 Å². The van der Waals surface area contributed by atoms with Gasteiger partial charge in [0.1, 0.15) is 11.6 Å². The highest BCUT2D eigenvalue weighted by atomic mass is 35.5. The van der Waals surface area contributed by atoms with E-state index >= 15 is 0 Å². The molecule has 0 saturated heterocycles. The maximum atomic E-state index is 12.2. The van der Waals surface area contributed by atoms with Crippen molar-refractivity contribution in [1.29, 1.82) is 5.41 Å². The molecule has 2 aromatic rings. The molecule has 0 aromatic heterocycles. The third kappa shape index (κ3) is 5.47. The number of hydrogen-bond acceptors (Lipinski definition) is 4. The van der Waals surface area contributed by atoms with Crippen molar-refractivity contribution < 1.29 is 19.4 Å². The van der Waals surface area contributed by atoms with Crippen molar-refractivity contribution >= 4 is 36.3 Å². The fourth-order valence-corrected chi connectivity index (χ4v) is 2.02. The van der Waals surface area contributed by atoms with Gasteiger partial charge in [-0.2, -0.15) is 0 Å². The third-order valence-electron chi connectivity index (χ3n) is 3.29. The van der Waals surface area contributed by atoms with Gasteiger partial charge in [-0.25, -0.2) is 9.59 Å². The van der Waals surface area contributed by atoms with Gasteiger partial charge in [0.2, 0.25) is 0 Å². The predicted molar refractivity (Wildman–Crippen MR) is 97.5 cm³/mol. The molecule has 4 N–H and O–H groups in total. The van der Waals surface area contributed by atoms with Gasteiger partial charge in [-0.3, -0.25) is 5.41 Å². The second-order valence-corrected chi connectivity index (χ2v) is 5.07. The van der Waals surface area contributed by atoms with Gasteiger partial charge >= 0.3 is 11.9 Å². The van der Waals surface area contributed by atoms with Gasteiger partial charge < -0.3 is 15.6 Å². The number of benzene rings is 2. The fraction of sp³-hybridized carbons (Fsp3) is 0.0556. The average molecular weight is 361 g/mol. The minimum Gasteiger partial charge on any atom is -0.478 e. The van der Waals surface area contributed by atoms with Crippen LogP contribution in [0.1, 0.15) is 27.0 Å². The van der Waals surface area contributed by atoms with Gasteiger partial charge in [-0.05, 0) is 60.5 Å². The molecule has 0 saturated carbocycles. The zero-order valence-electron chi connectivity index (χ0n) is 13.4. The van der Waals surface area contributed by atoms with E-state index in [4.69, 9.17) is 21.0 Å². The Morgan fingerprint density at radius 3 is 2.24 bits per heavy atom. The van der Waals surface area contributed by atoms with Crippen molar-refractivity contribution in [3.05, 3.63) is 70.8 Å². The number of amidine groups is 1. The summed E-state index contributed by atoms with van der Waals surface area (Å²) >= 11 is 0. The Morgan fingerprint density at radius 1 is 1.12 bits per heavy atom. The fourth-order valence-electron chi connectivity index (χ4n) is 2.02. The highest BCUT2D eigenvalue weighted by Gasteiger charge is 2.10. The molecule has 25 heavy (non-hydrogen) atoms. The maximum Gasteiger partial charge on any atom is 0.343 e. The lowest BCUT2D eigenvalue weighted by Gasteiger charge is -2.07. The largest absolute Gasteiger partial charge is 0.478 e. The number of aliphatic carboxylic acids is 1. The van der Waals surface area contributed by atoms with Crippen molar-refractivity contribution in [2.45, 2.75) is 6.92 Å². The third-order valence-corrected chi connectivity index (χ3v) is 3.29. The number of nitrogen functional groups attached to an aromatic ring is 1. The molecule has 0 radical (unpaired) electrons. The van der Waals surface area contributed by atoms with Crippen molar-refractivity contribution in [3.63, 3.8) is 0 Å². The van der Waals surface area contributed by atoms with Crippen LogP contribution in [-0.2, 0) is 4.79 Å². The zero-order chi connectivity index (χ0) is 17.7. The molecule has 2 aromatic carbocycles. The summed E-state index contributed by atoms with van der Waals surface area (Å²) in [6, 6.07) is 11.2. The van der Waals surface area contributed by atoms with Crippen LogP contribution in [-0.4, -0.2) is 22.9 Å². The number of aryl methyl sites for hydroxylation is 1. The number of nitrogens with one attached hydrogen (secondary N) is 1. The van der Waals surface area contributed by atoms with Crippen LogP contribution in [0.2, 0.25) is 0 Å². The lowest BCUT2D eigenvalue weighted by atomic mass is 10.0.